The Morgan fingerprint density at radius 2 is 1.88 bits per heavy atom. The lowest BCUT2D eigenvalue weighted by molar-refractivity contribution is 0.394. The maximum absolute atomic E-state index is 15.1. The van der Waals surface area contributed by atoms with E-state index in [-0.39, 0.29) is 22.9 Å². The maximum Gasteiger partial charge on any atom is 0.181 e. The number of nitriles is 1. The van der Waals surface area contributed by atoms with Crippen LogP contribution in [0.25, 0.3) is 0 Å². The van der Waals surface area contributed by atoms with Crippen LogP contribution in [-0.4, -0.2) is 6.04 Å². The second-order valence-corrected chi connectivity index (χ2v) is 6.20. The SMILES string of the molecule is CCC(CC#N)N[C@H](CC)c1ccc(Cl)c(Oc2ccccc2)c1F. The molecule has 132 valence electrons. The number of hydrogen-bond donors (Lipinski definition) is 1. The first kappa shape index (κ1) is 19.2. The summed E-state index contributed by atoms with van der Waals surface area (Å²) >= 11 is 6.15. The minimum Gasteiger partial charge on any atom is -0.453 e. The molecule has 0 bridgehead atoms. The average molecular weight is 361 g/mol. The first-order valence-electron chi connectivity index (χ1n) is 8.44. The van der Waals surface area contributed by atoms with E-state index in [0.29, 0.717) is 24.2 Å². The molecular weight excluding hydrogens is 339 g/mol. The summed E-state index contributed by atoms with van der Waals surface area (Å²) < 4.78 is 20.7. The molecule has 5 heteroatoms. The average Bonchev–Trinajstić information content (AvgIpc) is 2.63. The molecule has 0 spiro atoms. The van der Waals surface area contributed by atoms with Crippen molar-refractivity contribution in [1.82, 2.24) is 5.32 Å². The van der Waals surface area contributed by atoms with Crippen LogP contribution in [-0.2, 0) is 0 Å². The fraction of sp³-hybridized carbons (Fsp3) is 0.350. The Bertz CT molecular complexity index is 730. The van der Waals surface area contributed by atoms with Gasteiger partial charge in [0.25, 0.3) is 0 Å². The molecule has 0 aliphatic rings. The first-order chi connectivity index (χ1) is 12.1. The molecule has 0 aliphatic heterocycles. The minimum atomic E-state index is -0.470. The summed E-state index contributed by atoms with van der Waals surface area (Å²) in [6.07, 6.45) is 1.87. The van der Waals surface area contributed by atoms with Crippen LogP contribution in [0.4, 0.5) is 4.39 Å². The van der Waals surface area contributed by atoms with Crippen LogP contribution in [0, 0.1) is 17.1 Å². The summed E-state index contributed by atoms with van der Waals surface area (Å²) in [4.78, 5) is 0. The second-order valence-electron chi connectivity index (χ2n) is 5.79. The third kappa shape index (κ3) is 4.94. The predicted octanol–water partition coefficient (Wildman–Crippen LogP) is 6.00. The van der Waals surface area contributed by atoms with Gasteiger partial charge in [0.2, 0.25) is 0 Å². The monoisotopic (exact) mass is 360 g/mol. The summed E-state index contributed by atoms with van der Waals surface area (Å²) in [5.41, 5.74) is 0.495. The third-order valence-electron chi connectivity index (χ3n) is 4.09. The van der Waals surface area contributed by atoms with E-state index in [1.54, 1.807) is 24.3 Å². The van der Waals surface area contributed by atoms with E-state index in [1.165, 1.54) is 0 Å². The van der Waals surface area contributed by atoms with Gasteiger partial charge >= 0.3 is 0 Å². The molecule has 25 heavy (non-hydrogen) atoms. The lowest BCUT2D eigenvalue weighted by Gasteiger charge is -2.24. The van der Waals surface area contributed by atoms with Crippen molar-refractivity contribution in [2.45, 2.75) is 45.2 Å². The highest BCUT2D eigenvalue weighted by Gasteiger charge is 2.22. The van der Waals surface area contributed by atoms with Gasteiger partial charge in [0.05, 0.1) is 17.5 Å². The van der Waals surface area contributed by atoms with Gasteiger partial charge in [-0.1, -0.05) is 49.7 Å². The summed E-state index contributed by atoms with van der Waals surface area (Å²) in [5.74, 6) is 0.0823. The summed E-state index contributed by atoms with van der Waals surface area (Å²) in [7, 11) is 0. The summed E-state index contributed by atoms with van der Waals surface area (Å²) in [6, 6.07) is 14.3. The van der Waals surface area contributed by atoms with Gasteiger partial charge in [-0.3, -0.25) is 0 Å². The number of rotatable bonds is 8. The van der Waals surface area contributed by atoms with Gasteiger partial charge in [-0.25, -0.2) is 4.39 Å². The highest BCUT2D eigenvalue weighted by molar-refractivity contribution is 6.32. The van der Waals surface area contributed by atoms with Gasteiger partial charge in [0.15, 0.2) is 11.6 Å². The molecule has 2 atom stereocenters. The molecule has 0 aromatic heterocycles. The molecule has 3 nitrogen and oxygen atoms in total. The van der Waals surface area contributed by atoms with Crippen molar-refractivity contribution in [2.75, 3.05) is 0 Å². The molecular formula is C20H22ClFN2O. The molecule has 0 heterocycles. The topological polar surface area (TPSA) is 45.0 Å². The van der Waals surface area contributed by atoms with Crippen molar-refractivity contribution in [3.63, 3.8) is 0 Å². The molecule has 2 rings (SSSR count). The van der Waals surface area contributed by atoms with E-state index >= 15 is 4.39 Å². The first-order valence-corrected chi connectivity index (χ1v) is 8.82. The zero-order chi connectivity index (χ0) is 18.2. The Labute approximate surface area is 153 Å². The summed E-state index contributed by atoms with van der Waals surface area (Å²) in [6.45, 7) is 3.98. The van der Waals surface area contributed by atoms with Gasteiger partial charge in [-0.15, -0.1) is 0 Å². The number of hydrogen-bond acceptors (Lipinski definition) is 3. The van der Waals surface area contributed by atoms with Crippen LogP contribution in [0.2, 0.25) is 5.02 Å². The molecule has 0 aliphatic carbocycles. The second kappa shape index (κ2) is 9.41. The van der Waals surface area contributed by atoms with Gasteiger partial charge in [0.1, 0.15) is 5.75 Å². The normalized spacial score (nSPS) is 13.1. The number of nitrogens with one attached hydrogen (secondary N) is 1. The Morgan fingerprint density at radius 1 is 1.16 bits per heavy atom. The highest BCUT2D eigenvalue weighted by atomic mass is 35.5. The fourth-order valence-electron chi connectivity index (χ4n) is 2.66. The number of benzene rings is 2. The number of ether oxygens (including phenoxy) is 1. The molecule has 1 unspecified atom stereocenters. The quantitative estimate of drug-likeness (QED) is 0.627. The van der Waals surface area contributed by atoms with Gasteiger partial charge in [0, 0.05) is 17.6 Å². The molecule has 0 saturated carbocycles. The van der Waals surface area contributed by atoms with Crippen molar-refractivity contribution in [1.29, 1.82) is 5.26 Å². The molecule has 1 N–H and O–H groups in total. The van der Waals surface area contributed by atoms with Crippen molar-refractivity contribution in [3.05, 3.63) is 58.9 Å². The zero-order valence-electron chi connectivity index (χ0n) is 14.4. The van der Waals surface area contributed by atoms with Crippen LogP contribution in [0.1, 0.15) is 44.7 Å². The predicted molar refractivity (Wildman–Crippen MR) is 98.4 cm³/mol. The van der Waals surface area contributed by atoms with E-state index < -0.39 is 5.82 Å². The smallest absolute Gasteiger partial charge is 0.181 e. The Kier molecular flexibility index (Phi) is 7.24. The van der Waals surface area contributed by atoms with E-state index in [1.807, 2.05) is 32.0 Å². The van der Waals surface area contributed by atoms with E-state index in [0.717, 1.165) is 6.42 Å². The van der Waals surface area contributed by atoms with Crippen LogP contribution >= 0.6 is 11.6 Å². The lowest BCUT2D eigenvalue weighted by Crippen LogP contribution is -2.32. The lowest BCUT2D eigenvalue weighted by atomic mass is 10.0. The molecule has 0 radical (unpaired) electrons. The molecule has 0 saturated heterocycles. The Balaban J connectivity index is 2.31. The van der Waals surface area contributed by atoms with E-state index in [4.69, 9.17) is 21.6 Å². The van der Waals surface area contributed by atoms with Crippen molar-refractivity contribution in [3.8, 4) is 17.6 Å². The van der Waals surface area contributed by atoms with Crippen molar-refractivity contribution < 1.29 is 9.13 Å². The van der Waals surface area contributed by atoms with Gasteiger partial charge in [-0.05, 0) is 31.0 Å². The van der Waals surface area contributed by atoms with Crippen LogP contribution in [0.15, 0.2) is 42.5 Å². The summed E-state index contributed by atoms with van der Waals surface area (Å²) in [5, 5.41) is 12.5. The molecule has 0 amide bonds. The Hall–Kier alpha value is -2.09. The number of para-hydroxylation sites is 1. The van der Waals surface area contributed by atoms with Crippen molar-refractivity contribution >= 4 is 11.6 Å². The van der Waals surface area contributed by atoms with Gasteiger partial charge in [-0.2, -0.15) is 5.26 Å². The number of nitrogens with zero attached hydrogens (tertiary/aromatic N) is 1. The van der Waals surface area contributed by atoms with Crippen molar-refractivity contribution in [2.24, 2.45) is 0 Å². The van der Waals surface area contributed by atoms with Crippen LogP contribution < -0.4 is 10.1 Å². The van der Waals surface area contributed by atoms with Crippen LogP contribution in [0.5, 0.6) is 11.5 Å². The largest absolute Gasteiger partial charge is 0.453 e. The standard InChI is InChI=1S/C20H22ClFN2O/c1-3-14(12-13-23)24-18(4-2)16-10-11-17(21)20(19(16)22)25-15-8-6-5-7-9-15/h5-11,14,18,24H,3-4,12H2,1-2H3/t14?,18-/m1/s1. The Morgan fingerprint density at radius 3 is 2.48 bits per heavy atom. The highest BCUT2D eigenvalue weighted by Crippen LogP contribution is 2.36. The van der Waals surface area contributed by atoms with E-state index in [2.05, 4.69) is 11.4 Å². The zero-order valence-corrected chi connectivity index (χ0v) is 15.2. The third-order valence-corrected chi connectivity index (χ3v) is 4.39. The fourth-order valence-corrected chi connectivity index (χ4v) is 2.84. The van der Waals surface area contributed by atoms with Crippen LogP contribution in [0.3, 0.4) is 0 Å². The molecule has 0 fully saturated rings. The maximum atomic E-state index is 15.1. The van der Waals surface area contributed by atoms with Gasteiger partial charge < -0.3 is 10.1 Å². The minimum absolute atomic E-state index is 0.0171. The molecule has 2 aromatic carbocycles. The number of halogens is 2. The van der Waals surface area contributed by atoms with E-state index in [9.17, 15) is 0 Å². The molecule has 2 aromatic rings.